The summed E-state index contributed by atoms with van der Waals surface area (Å²) in [5, 5.41) is 30.1. The molecule has 3 rings (SSSR count). The molecule has 1 atom stereocenters. The molecule has 0 saturated carbocycles. The Hall–Kier alpha value is -3.46. The van der Waals surface area contributed by atoms with Crippen molar-refractivity contribution in [1.82, 2.24) is 10.6 Å². The molecule has 0 aliphatic carbocycles. The van der Waals surface area contributed by atoms with Crippen molar-refractivity contribution < 1.29 is 23.8 Å². The summed E-state index contributed by atoms with van der Waals surface area (Å²) in [6, 6.07) is 4.96. The fourth-order valence-electron chi connectivity index (χ4n) is 3.21. The van der Waals surface area contributed by atoms with Crippen LogP contribution in [-0.2, 0) is 4.79 Å². The minimum atomic E-state index is -1.35. The third-order valence-corrected chi connectivity index (χ3v) is 4.75. The molecule has 0 radical (unpaired) electrons. The summed E-state index contributed by atoms with van der Waals surface area (Å²) in [6.45, 7) is 1.52. The van der Waals surface area contributed by atoms with Gasteiger partial charge in [0.25, 0.3) is 5.91 Å². The molecule has 9 heteroatoms. The van der Waals surface area contributed by atoms with Crippen molar-refractivity contribution >= 4 is 34.7 Å². The van der Waals surface area contributed by atoms with Crippen LogP contribution in [0.2, 0.25) is 0 Å². The van der Waals surface area contributed by atoms with Crippen LogP contribution >= 0.6 is 0 Å². The maximum atomic E-state index is 12.9. The van der Waals surface area contributed by atoms with Crippen LogP contribution in [0, 0.1) is 17.7 Å². The minimum Gasteiger partial charge on any atom is -0.487 e. The normalized spacial score (nSPS) is 18.8. The number of amides is 2. The third-order valence-electron chi connectivity index (χ3n) is 4.75. The molecule has 1 fully saturated rings. The first-order chi connectivity index (χ1) is 13.9. The molecule has 0 spiro atoms. The van der Waals surface area contributed by atoms with Crippen molar-refractivity contribution in [3.63, 3.8) is 0 Å². The first-order valence-electron chi connectivity index (χ1n) is 9.02. The van der Waals surface area contributed by atoms with E-state index in [1.807, 2.05) is 0 Å². The lowest BCUT2D eigenvalue weighted by atomic mass is 9.97. The van der Waals surface area contributed by atoms with Crippen molar-refractivity contribution in [2.24, 2.45) is 0 Å². The molecule has 1 aromatic heterocycles. The SMILES string of the molecule is Cc1oc2ccc(OCC(=N)/C=C\C=N)cc2c1C(=O)NC1(CO)CCNC1=O. The lowest BCUT2D eigenvalue weighted by molar-refractivity contribution is -0.125. The van der Waals surface area contributed by atoms with Crippen molar-refractivity contribution in [1.29, 1.82) is 10.8 Å². The summed E-state index contributed by atoms with van der Waals surface area (Å²) in [5.41, 5.74) is -0.422. The monoisotopic (exact) mass is 398 g/mol. The predicted octanol–water partition coefficient (Wildman–Crippen LogP) is 1.33. The number of aryl methyl sites for hydroxylation is 1. The highest BCUT2D eigenvalue weighted by molar-refractivity contribution is 6.09. The molecule has 29 heavy (non-hydrogen) atoms. The Kier molecular flexibility index (Phi) is 5.79. The second-order valence-electron chi connectivity index (χ2n) is 6.73. The van der Waals surface area contributed by atoms with Gasteiger partial charge in [-0.15, -0.1) is 0 Å². The number of hydrogen-bond donors (Lipinski definition) is 5. The minimum absolute atomic E-state index is 0.00199. The van der Waals surface area contributed by atoms with Crippen molar-refractivity contribution in [3.8, 4) is 5.75 Å². The molecule has 5 N–H and O–H groups in total. The molecule has 1 unspecified atom stereocenters. The number of aliphatic hydroxyl groups excluding tert-OH is 1. The molecule has 1 aliphatic heterocycles. The zero-order valence-corrected chi connectivity index (χ0v) is 15.9. The number of aliphatic hydroxyl groups is 1. The Balaban J connectivity index is 1.85. The van der Waals surface area contributed by atoms with Gasteiger partial charge in [0.05, 0.1) is 17.9 Å². The number of fused-ring (bicyclic) bond motifs is 1. The molecule has 2 heterocycles. The molecule has 9 nitrogen and oxygen atoms in total. The van der Waals surface area contributed by atoms with Crippen LogP contribution in [0.3, 0.4) is 0 Å². The molecule has 152 valence electrons. The summed E-state index contributed by atoms with van der Waals surface area (Å²) in [5.74, 6) is -0.121. The molecular weight excluding hydrogens is 376 g/mol. The molecule has 1 saturated heterocycles. The van der Waals surface area contributed by atoms with Crippen LogP contribution in [0.5, 0.6) is 5.75 Å². The number of carbonyl (C=O) groups is 2. The first kappa shape index (κ1) is 20.3. The van der Waals surface area contributed by atoms with Crippen LogP contribution < -0.4 is 15.4 Å². The Bertz CT molecular complexity index is 1010. The second kappa shape index (κ2) is 8.27. The van der Waals surface area contributed by atoms with Gasteiger partial charge in [-0.2, -0.15) is 0 Å². The van der Waals surface area contributed by atoms with E-state index in [0.717, 1.165) is 6.21 Å². The Morgan fingerprint density at radius 2 is 2.28 bits per heavy atom. The zero-order valence-electron chi connectivity index (χ0n) is 15.9. The maximum absolute atomic E-state index is 12.9. The number of hydrogen-bond acceptors (Lipinski definition) is 7. The number of nitrogens with one attached hydrogen (secondary N) is 4. The van der Waals surface area contributed by atoms with E-state index in [9.17, 15) is 14.7 Å². The average Bonchev–Trinajstić information content (AvgIpc) is 3.23. The van der Waals surface area contributed by atoms with Gasteiger partial charge in [0.1, 0.15) is 29.2 Å². The Morgan fingerprint density at radius 3 is 2.93 bits per heavy atom. The van der Waals surface area contributed by atoms with Gasteiger partial charge < -0.3 is 35.7 Å². The van der Waals surface area contributed by atoms with E-state index >= 15 is 0 Å². The van der Waals surface area contributed by atoms with Gasteiger partial charge in [0.2, 0.25) is 5.91 Å². The molecule has 2 amide bonds. The predicted molar refractivity (Wildman–Crippen MR) is 107 cm³/mol. The molecule has 1 aliphatic rings. The Morgan fingerprint density at radius 1 is 1.48 bits per heavy atom. The fraction of sp³-hybridized carbons (Fsp3) is 0.300. The fourth-order valence-corrected chi connectivity index (χ4v) is 3.21. The van der Waals surface area contributed by atoms with Gasteiger partial charge in [0, 0.05) is 18.1 Å². The number of furan rings is 1. The lowest BCUT2D eigenvalue weighted by Gasteiger charge is -2.24. The van der Waals surface area contributed by atoms with Gasteiger partial charge in [-0.1, -0.05) is 0 Å². The quantitative estimate of drug-likeness (QED) is 0.425. The number of rotatable bonds is 8. The van der Waals surface area contributed by atoms with E-state index in [-0.39, 0.29) is 17.9 Å². The number of carbonyl (C=O) groups excluding carboxylic acids is 2. The van der Waals surface area contributed by atoms with Gasteiger partial charge in [-0.25, -0.2) is 0 Å². The number of benzene rings is 1. The summed E-state index contributed by atoms with van der Waals surface area (Å²) in [4.78, 5) is 25.0. The standard InChI is InChI=1S/C20H22N4O5/c1-12-17(18(26)24-20(11-25)6-8-23-19(20)27)15-9-14(4-5-16(15)29-12)28-10-13(22)3-2-7-21/h2-5,7,9,21-22,25H,6,8,10-11H2,1H3,(H,23,27)(H,24,26)/b3-2-,21-7?,22-13?. The number of ether oxygens (including phenoxy) is 1. The largest absolute Gasteiger partial charge is 0.487 e. The highest BCUT2D eigenvalue weighted by Gasteiger charge is 2.44. The summed E-state index contributed by atoms with van der Waals surface area (Å²) in [6.07, 6.45) is 4.24. The maximum Gasteiger partial charge on any atom is 0.256 e. The van der Waals surface area contributed by atoms with E-state index < -0.39 is 24.0 Å². The summed E-state index contributed by atoms with van der Waals surface area (Å²) < 4.78 is 11.2. The van der Waals surface area contributed by atoms with E-state index in [1.54, 1.807) is 25.1 Å². The summed E-state index contributed by atoms with van der Waals surface area (Å²) >= 11 is 0. The van der Waals surface area contributed by atoms with Crippen molar-refractivity contribution in [2.45, 2.75) is 18.9 Å². The van der Waals surface area contributed by atoms with E-state index in [2.05, 4.69) is 10.6 Å². The van der Waals surface area contributed by atoms with Crippen LogP contribution in [0.1, 0.15) is 22.5 Å². The Labute approximate surface area is 166 Å². The lowest BCUT2D eigenvalue weighted by Crippen LogP contribution is -2.56. The summed E-state index contributed by atoms with van der Waals surface area (Å²) in [7, 11) is 0. The van der Waals surface area contributed by atoms with Gasteiger partial charge >= 0.3 is 0 Å². The topological polar surface area (TPSA) is 148 Å². The molecule has 1 aromatic carbocycles. The van der Waals surface area contributed by atoms with Crippen LogP contribution in [-0.4, -0.2) is 54.1 Å². The number of allylic oxidation sites excluding steroid dienone is 1. The van der Waals surface area contributed by atoms with E-state index in [4.69, 9.17) is 20.0 Å². The van der Waals surface area contributed by atoms with Crippen molar-refractivity contribution in [2.75, 3.05) is 19.8 Å². The van der Waals surface area contributed by atoms with Gasteiger partial charge in [-0.3, -0.25) is 9.59 Å². The van der Waals surface area contributed by atoms with Crippen molar-refractivity contribution in [3.05, 3.63) is 41.7 Å². The molecular formula is C20H22N4O5. The van der Waals surface area contributed by atoms with Crippen LogP contribution in [0.4, 0.5) is 0 Å². The molecule has 2 aromatic rings. The smallest absolute Gasteiger partial charge is 0.256 e. The van der Waals surface area contributed by atoms with Crippen LogP contribution in [0.25, 0.3) is 11.0 Å². The second-order valence-corrected chi connectivity index (χ2v) is 6.73. The van der Waals surface area contributed by atoms with Crippen LogP contribution in [0.15, 0.2) is 34.8 Å². The molecule has 0 bridgehead atoms. The van der Waals surface area contributed by atoms with Gasteiger partial charge in [0.15, 0.2) is 0 Å². The van der Waals surface area contributed by atoms with Gasteiger partial charge in [-0.05, 0) is 43.7 Å². The highest BCUT2D eigenvalue weighted by Crippen LogP contribution is 2.30. The average molecular weight is 398 g/mol. The first-order valence-corrected chi connectivity index (χ1v) is 9.02. The van der Waals surface area contributed by atoms with E-state index in [0.29, 0.717) is 35.4 Å². The zero-order chi connectivity index (χ0) is 21.0. The van der Waals surface area contributed by atoms with E-state index in [1.165, 1.54) is 12.2 Å². The third kappa shape index (κ3) is 4.04. The highest BCUT2D eigenvalue weighted by atomic mass is 16.5.